The number of aliphatic carboxylic acids is 1. The molecule has 20 heavy (non-hydrogen) atoms. The summed E-state index contributed by atoms with van der Waals surface area (Å²) in [5.74, 6) is 0.0794. The molecule has 0 saturated heterocycles. The van der Waals surface area contributed by atoms with Gasteiger partial charge in [-0.3, -0.25) is 4.79 Å². The molecule has 2 aliphatic rings. The van der Waals surface area contributed by atoms with Crippen LogP contribution in [-0.4, -0.2) is 40.6 Å². The quantitative estimate of drug-likeness (QED) is 0.717. The van der Waals surface area contributed by atoms with Crippen molar-refractivity contribution in [2.45, 2.75) is 70.4 Å². The van der Waals surface area contributed by atoms with Crippen LogP contribution >= 0.6 is 0 Å². The van der Waals surface area contributed by atoms with Crippen LogP contribution in [0.3, 0.4) is 0 Å². The highest BCUT2D eigenvalue weighted by molar-refractivity contribution is 5.79. The minimum atomic E-state index is -0.965. The van der Waals surface area contributed by atoms with Crippen LogP contribution in [0.4, 0.5) is 0 Å². The lowest BCUT2D eigenvalue weighted by Gasteiger charge is -2.30. The summed E-state index contributed by atoms with van der Waals surface area (Å²) in [6.45, 7) is 6.70. The Balaban J connectivity index is 1.84. The molecule has 0 spiro atoms. The van der Waals surface area contributed by atoms with Gasteiger partial charge in [0.25, 0.3) is 0 Å². The largest absolute Gasteiger partial charge is 0.480 e. The fourth-order valence-corrected chi connectivity index (χ4v) is 3.45. The maximum absolute atomic E-state index is 11.4. The van der Waals surface area contributed by atoms with Gasteiger partial charge in [0.05, 0.1) is 0 Å². The zero-order chi connectivity index (χ0) is 14.8. The molecule has 116 valence electrons. The monoisotopic (exact) mass is 282 g/mol. The maximum atomic E-state index is 11.4. The van der Waals surface area contributed by atoms with Crippen molar-refractivity contribution < 1.29 is 9.90 Å². The summed E-state index contributed by atoms with van der Waals surface area (Å²) in [4.78, 5) is 14.0. The second kappa shape index (κ2) is 6.44. The molecule has 3 N–H and O–H groups in total. The first-order chi connectivity index (χ1) is 9.43. The number of carboxylic acid groups (broad SMARTS) is 1. The minimum absolute atomic E-state index is 0.153. The molecule has 2 fully saturated rings. The van der Waals surface area contributed by atoms with Crippen molar-refractivity contribution in [2.75, 3.05) is 13.1 Å². The molecule has 0 radical (unpaired) electrons. The Hall–Kier alpha value is -0.610. The molecule has 2 rings (SSSR count). The van der Waals surface area contributed by atoms with Gasteiger partial charge in [0.1, 0.15) is 5.54 Å². The van der Waals surface area contributed by atoms with Gasteiger partial charge in [-0.1, -0.05) is 20.3 Å². The van der Waals surface area contributed by atoms with Crippen molar-refractivity contribution >= 4 is 5.97 Å². The average Bonchev–Trinajstić information content (AvgIpc) is 3.14. The van der Waals surface area contributed by atoms with E-state index in [2.05, 4.69) is 18.7 Å². The number of carboxylic acids is 1. The number of nitrogens with two attached hydrogens (primary N) is 1. The van der Waals surface area contributed by atoms with E-state index >= 15 is 0 Å². The van der Waals surface area contributed by atoms with E-state index in [1.165, 1.54) is 19.3 Å². The molecule has 0 bridgehead atoms. The molecule has 0 heterocycles. The van der Waals surface area contributed by atoms with Crippen molar-refractivity contribution in [1.29, 1.82) is 0 Å². The molecule has 2 unspecified atom stereocenters. The second-order valence-corrected chi connectivity index (χ2v) is 7.17. The van der Waals surface area contributed by atoms with Crippen molar-refractivity contribution in [2.24, 2.45) is 17.6 Å². The molecule has 4 heteroatoms. The maximum Gasteiger partial charge on any atom is 0.323 e. The molecule has 2 atom stereocenters. The molecule has 4 nitrogen and oxygen atoms in total. The number of rotatable bonds is 8. The molecular weight excluding hydrogens is 252 g/mol. The summed E-state index contributed by atoms with van der Waals surface area (Å²) < 4.78 is 0. The van der Waals surface area contributed by atoms with Crippen molar-refractivity contribution in [1.82, 2.24) is 4.90 Å². The van der Waals surface area contributed by atoms with Gasteiger partial charge in [-0.2, -0.15) is 0 Å². The van der Waals surface area contributed by atoms with Crippen LogP contribution < -0.4 is 5.73 Å². The van der Waals surface area contributed by atoms with E-state index in [4.69, 9.17) is 5.73 Å². The van der Waals surface area contributed by atoms with Crippen molar-refractivity contribution in [3.05, 3.63) is 0 Å². The molecular formula is C16H30N2O2. The molecule has 2 saturated carbocycles. The number of hydrogen-bond donors (Lipinski definition) is 2. The Kier molecular flexibility index (Phi) is 5.08. The third-order valence-corrected chi connectivity index (χ3v) is 5.09. The highest BCUT2D eigenvalue weighted by Crippen LogP contribution is 2.37. The van der Waals surface area contributed by atoms with Crippen LogP contribution in [0.1, 0.15) is 58.8 Å². The van der Waals surface area contributed by atoms with Crippen molar-refractivity contribution in [3.8, 4) is 0 Å². The Morgan fingerprint density at radius 2 is 2.05 bits per heavy atom. The fourth-order valence-electron chi connectivity index (χ4n) is 3.45. The molecule has 0 aliphatic heterocycles. The highest BCUT2D eigenvalue weighted by Gasteiger charge is 2.45. The zero-order valence-electron chi connectivity index (χ0n) is 13.0. The van der Waals surface area contributed by atoms with E-state index in [-0.39, 0.29) is 5.92 Å². The van der Waals surface area contributed by atoms with Gasteiger partial charge in [0, 0.05) is 6.04 Å². The Morgan fingerprint density at radius 1 is 1.35 bits per heavy atom. The van der Waals surface area contributed by atoms with E-state index in [1.54, 1.807) is 0 Å². The Bertz CT molecular complexity index is 341. The van der Waals surface area contributed by atoms with Gasteiger partial charge >= 0.3 is 5.97 Å². The highest BCUT2D eigenvalue weighted by atomic mass is 16.4. The summed E-state index contributed by atoms with van der Waals surface area (Å²) >= 11 is 0. The van der Waals surface area contributed by atoms with Crippen LogP contribution in [0.5, 0.6) is 0 Å². The zero-order valence-corrected chi connectivity index (χ0v) is 13.0. The molecule has 0 amide bonds. The summed E-state index contributed by atoms with van der Waals surface area (Å²) in [7, 11) is 0. The van der Waals surface area contributed by atoms with Crippen molar-refractivity contribution in [3.63, 3.8) is 0 Å². The smallest absolute Gasteiger partial charge is 0.323 e. The summed E-state index contributed by atoms with van der Waals surface area (Å²) in [6, 6.07) is 0.757. The minimum Gasteiger partial charge on any atom is -0.480 e. The Morgan fingerprint density at radius 3 is 2.60 bits per heavy atom. The van der Waals surface area contributed by atoms with Gasteiger partial charge < -0.3 is 15.7 Å². The van der Waals surface area contributed by atoms with Gasteiger partial charge in [-0.05, 0) is 63.5 Å². The summed E-state index contributed by atoms with van der Waals surface area (Å²) in [6.07, 6.45) is 7.38. The SMILES string of the molecule is CC(C)CCN(CCC1CCCC1(N)C(=O)O)C1CC1. The van der Waals surface area contributed by atoms with E-state index < -0.39 is 11.5 Å². The topological polar surface area (TPSA) is 66.6 Å². The standard InChI is InChI=1S/C16H30N2O2/c1-12(2)7-10-18(14-5-6-14)11-8-13-4-3-9-16(13,17)15(19)20/h12-14H,3-11,17H2,1-2H3,(H,19,20). The number of nitrogens with zero attached hydrogens (tertiary/aromatic N) is 1. The first-order valence-electron chi connectivity index (χ1n) is 8.20. The van der Waals surface area contributed by atoms with Gasteiger partial charge in [0.15, 0.2) is 0 Å². The Labute approximate surface area is 122 Å². The van der Waals surface area contributed by atoms with Crippen LogP contribution in [0.25, 0.3) is 0 Å². The lowest BCUT2D eigenvalue weighted by Crippen LogP contribution is -2.51. The third-order valence-electron chi connectivity index (χ3n) is 5.09. The van der Waals surface area contributed by atoms with E-state index in [0.29, 0.717) is 6.42 Å². The molecule has 0 aromatic rings. The molecule has 2 aliphatic carbocycles. The van der Waals surface area contributed by atoms with Gasteiger partial charge in [-0.25, -0.2) is 0 Å². The summed E-state index contributed by atoms with van der Waals surface area (Å²) in [5, 5.41) is 9.37. The van der Waals surface area contributed by atoms with Crippen LogP contribution in [0.15, 0.2) is 0 Å². The fraction of sp³-hybridized carbons (Fsp3) is 0.938. The van der Waals surface area contributed by atoms with Crippen LogP contribution in [-0.2, 0) is 4.79 Å². The second-order valence-electron chi connectivity index (χ2n) is 7.17. The van der Waals surface area contributed by atoms with E-state index in [0.717, 1.165) is 44.3 Å². The summed E-state index contributed by atoms with van der Waals surface area (Å²) in [5.41, 5.74) is 5.16. The predicted octanol–water partition coefficient (Wildman–Crippen LogP) is 2.47. The number of carbonyl (C=O) groups is 1. The molecule has 0 aromatic heterocycles. The predicted molar refractivity (Wildman–Crippen MR) is 80.6 cm³/mol. The van der Waals surface area contributed by atoms with E-state index in [9.17, 15) is 9.90 Å². The van der Waals surface area contributed by atoms with Gasteiger partial charge in [-0.15, -0.1) is 0 Å². The van der Waals surface area contributed by atoms with Crippen LogP contribution in [0.2, 0.25) is 0 Å². The average molecular weight is 282 g/mol. The number of hydrogen-bond acceptors (Lipinski definition) is 3. The first-order valence-corrected chi connectivity index (χ1v) is 8.20. The first kappa shape index (κ1) is 15.8. The normalized spacial score (nSPS) is 30.4. The third kappa shape index (κ3) is 3.73. The van der Waals surface area contributed by atoms with Gasteiger partial charge in [0.2, 0.25) is 0 Å². The lowest BCUT2D eigenvalue weighted by atomic mass is 9.85. The van der Waals surface area contributed by atoms with Crippen LogP contribution in [0, 0.1) is 11.8 Å². The molecule has 0 aromatic carbocycles. The van der Waals surface area contributed by atoms with E-state index in [1.807, 2.05) is 0 Å². The lowest BCUT2D eigenvalue weighted by molar-refractivity contribution is -0.144.